The molecule has 2 rings (SSSR count). The SMILES string of the molecule is Cc1cccc(NC(=O)CCOc2ccc([N+](=O)[O-])cc2)c1C. The Kier molecular flexibility index (Phi) is 5.30. The normalized spacial score (nSPS) is 10.2. The zero-order valence-electron chi connectivity index (χ0n) is 13.0. The summed E-state index contributed by atoms with van der Waals surface area (Å²) in [5.74, 6) is 0.357. The minimum Gasteiger partial charge on any atom is -0.493 e. The Labute approximate surface area is 134 Å². The van der Waals surface area contributed by atoms with Crippen LogP contribution in [-0.4, -0.2) is 17.4 Å². The van der Waals surface area contributed by atoms with Crippen LogP contribution in [0.4, 0.5) is 11.4 Å². The number of non-ortho nitro benzene ring substituents is 1. The monoisotopic (exact) mass is 314 g/mol. The quantitative estimate of drug-likeness (QED) is 0.652. The van der Waals surface area contributed by atoms with Gasteiger partial charge in [0.2, 0.25) is 5.91 Å². The first-order valence-corrected chi connectivity index (χ1v) is 7.20. The fraction of sp³-hybridized carbons (Fsp3) is 0.235. The smallest absolute Gasteiger partial charge is 0.269 e. The average molecular weight is 314 g/mol. The van der Waals surface area contributed by atoms with Gasteiger partial charge in [-0.1, -0.05) is 12.1 Å². The van der Waals surface area contributed by atoms with E-state index in [-0.39, 0.29) is 24.6 Å². The predicted octanol–water partition coefficient (Wildman–Crippen LogP) is 3.62. The molecule has 1 amide bonds. The molecule has 23 heavy (non-hydrogen) atoms. The number of ether oxygens (including phenoxy) is 1. The molecule has 2 aromatic rings. The highest BCUT2D eigenvalue weighted by Crippen LogP contribution is 2.19. The van der Waals surface area contributed by atoms with Gasteiger partial charge in [-0.05, 0) is 43.2 Å². The van der Waals surface area contributed by atoms with Crippen molar-refractivity contribution >= 4 is 17.3 Å². The Hall–Kier alpha value is -2.89. The maximum absolute atomic E-state index is 11.9. The number of benzene rings is 2. The van der Waals surface area contributed by atoms with E-state index in [1.54, 1.807) is 0 Å². The molecule has 0 atom stereocenters. The molecule has 120 valence electrons. The molecule has 0 aliphatic heterocycles. The van der Waals surface area contributed by atoms with Gasteiger partial charge in [-0.25, -0.2) is 0 Å². The Morgan fingerprint density at radius 3 is 2.52 bits per heavy atom. The van der Waals surface area contributed by atoms with E-state index in [2.05, 4.69) is 5.32 Å². The van der Waals surface area contributed by atoms with Crippen LogP contribution in [0, 0.1) is 24.0 Å². The van der Waals surface area contributed by atoms with Crippen LogP contribution in [-0.2, 0) is 4.79 Å². The fourth-order valence-corrected chi connectivity index (χ4v) is 2.02. The van der Waals surface area contributed by atoms with E-state index in [1.165, 1.54) is 24.3 Å². The van der Waals surface area contributed by atoms with Crippen molar-refractivity contribution in [3.63, 3.8) is 0 Å². The summed E-state index contributed by atoms with van der Waals surface area (Å²) >= 11 is 0. The Morgan fingerprint density at radius 1 is 1.17 bits per heavy atom. The summed E-state index contributed by atoms with van der Waals surface area (Å²) < 4.78 is 5.42. The summed E-state index contributed by atoms with van der Waals surface area (Å²) in [6.45, 7) is 4.15. The minimum atomic E-state index is -0.471. The second kappa shape index (κ2) is 7.40. The first kappa shape index (κ1) is 16.5. The molecule has 0 aliphatic rings. The predicted molar refractivity (Wildman–Crippen MR) is 87.8 cm³/mol. The third-order valence-electron chi connectivity index (χ3n) is 3.52. The number of carbonyl (C=O) groups excluding carboxylic acids is 1. The summed E-state index contributed by atoms with van der Waals surface area (Å²) in [5, 5.41) is 13.4. The summed E-state index contributed by atoms with van der Waals surface area (Å²) in [6, 6.07) is 11.5. The molecule has 0 saturated carbocycles. The van der Waals surface area contributed by atoms with Crippen molar-refractivity contribution in [1.82, 2.24) is 0 Å². The molecular formula is C17H18N2O4. The van der Waals surface area contributed by atoms with E-state index in [0.717, 1.165) is 16.8 Å². The third-order valence-corrected chi connectivity index (χ3v) is 3.52. The van der Waals surface area contributed by atoms with Crippen molar-refractivity contribution in [3.05, 3.63) is 63.7 Å². The van der Waals surface area contributed by atoms with Crippen LogP contribution in [0.2, 0.25) is 0 Å². The second-order valence-electron chi connectivity index (χ2n) is 5.15. The second-order valence-corrected chi connectivity index (χ2v) is 5.15. The molecule has 0 aliphatic carbocycles. The van der Waals surface area contributed by atoms with Gasteiger partial charge in [-0.3, -0.25) is 14.9 Å². The number of nitrogens with zero attached hydrogens (tertiary/aromatic N) is 1. The van der Waals surface area contributed by atoms with Crippen LogP contribution in [0.1, 0.15) is 17.5 Å². The van der Waals surface area contributed by atoms with Crippen LogP contribution in [0.25, 0.3) is 0 Å². The molecule has 0 aromatic heterocycles. The van der Waals surface area contributed by atoms with Gasteiger partial charge in [0.05, 0.1) is 18.0 Å². The molecule has 6 heteroatoms. The maximum Gasteiger partial charge on any atom is 0.269 e. The number of rotatable bonds is 6. The number of nitro benzene ring substituents is 1. The van der Waals surface area contributed by atoms with Gasteiger partial charge >= 0.3 is 0 Å². The molecule has 0 unspecified atom stereocenters. The van der Waals surface area contributed by atoms with Crippen molar-refractivity contribution in [3.8, 4) is 5.75 Å². The van der Waals surface area contributed by atoms with Crippen molar-refractivity contribution in [2.75, 3.05) is 11.9 Å². The van der Waals surface area contributed by atoms with Crippen LogP contribution < -0.4 is 10.1 Å². The number of hydrogen-bond donors (Lipinski definition) is 1. The summed E-state index contributed by atoms with van der Waals surface area (Å²) in [4.78, 5) is 22.0. The summed E-state index contributed by atoms with van der Waals surface area (Å²) in [6.07, 6.45) is 0.199. The van der Waals surface area contributed by atoms with E-state index in [0.29, 0.717) is 5.75 Å². The highest BCUT2D eigenvalue weighted by molar-refractivity contribution is 5.91. The number of amides is 1. The Balaban J connectivity index is 1.83. The maximum atomic E-state index is 11.9. The molecule has 6 nitrogen and oxygen atoms in total. The number of hydrogen-bond acceptors (Lipinski definition) is 4. The number of nitro groups is 1. The summed E-state index contributed by atoms with van der Waals surface area (Å²) in [5.41, 5.74) is 2.96. The van der Waals surface area contributed by atoms with Gasteiger partial charge in [0.1, 0.15) is 5.75 Å². The molecular weight excluding hydrogens is 296 g/mol. The first-order chi connectivity index (χ1) is 11.0. The third kappa shape index (κ3) is 4.54. The topological polar surface area (TPSA) is 81.5 Å². The van der Waals surface area contributed by atoms with Gasteiger partial charge in [0, 0.05) is 17.8 Å². The standard InChI is InChI=1S/C17H18N2O4/c1-12-4-3-5-16(13(12)2)18-17(20)10-11-23-15-8-6-14(7-9-15)19(21)22/h3-9H,10-11H2,1-2H3,(H,18,20). The number of carbonyl (C=O) groups is 1. The van der Waals surface area contributed by atoms with E-state index in [9.17, 15) is 14.9 Å². The van der Waals surface area contributed by atoms with Gasteiger partial charge in [-0.2, -0.15) is 0 Å². The van der Waals surface area contributed by atoms with E-state index in [4.69, 9.17) is 4.74 Å². The van der Waals surface area contributed by atoms with E-state index >= 15 is 0 Å². The lowest BCUT2D eigenvalue weighted by Gasteiger charge is -2.10. The van der Waals surface area contributed by atoms with Crippen LogP contribution in [0.3, 0.4) is 0 Å². The fourth-order valence-electron chi connectivity index (χ4n) is 2.02. The molecule has 0 radical (unpaired) electrons. The van der Waals surface area contributed by atoms with Gasteiger partial charge < -0.3 is 10.1 Å². The van der Waals surface area contributed by atoms with E-state index < -0.39 is 4.92 Å². The molecule has 2 aromatic carbocycles. The summed E-state index contributed by atoms with van der Waals surface area (Å²) in [7, 11) is 0. The molecule has 1 N–H and O–H groups in total. The van der Waals surface area contributed by atoms with Gasteiger partial charge in [-0.15, -0.1) is 0 Å². The number of aryl methyl sites for hydroxylation is 1. The molecule has 0 heterocycles. The van der Waals surface area contributed by atoms with Crippen molar-refractivity contribution < 1.29 is 14.5 Å². The highest BCUT2D eigenvalue weighted by Gasteiger charge is 2.07. The number of anilines is 1. The molecule has 0 saturated heterocycles. The molecule has 0 bridgehead atoms. The molecule has 0 spiro atoms. The van der Waals surface area contributed by atoms with E-state index in [1.807, 2.05) is 32.0 Å². The highest BCUT2D eigenvalue weighted by atomic mass is 16.6. The lowest BCUT2D eigenvalue weighted by Crippen LogP contribution is -2.16. The van der Waals surface area contributed by atoms with Gasteiger partial charge in [0.15, 0.2) is 0 Å². The van der Waals surface area contributed by atoms with Crippen molar-refractivity contribution in [1.29, 1.82) is 0 Å². The van der Waals surface area contributed by atoms with Crippen LogP contribution in [0.15, 0.2) is 42.5 Å². The first-order valence-electron chi connectivity index (χ1n) is 7.20. The zero-order valence-corrected chi connectivity index (χ0v) is 13.0. The van der Waals surface area contributed by atoms with Crippen molar-refractivity contribution in [2.45, 2.75) is 20.3 Å². The van der Waals surface area contributed by atoms with Crippen LogP contribution in [0.5, 0.6) is 5.75 Å². The molecule has 0 fully saturated rings. The zero-order chi connectivity index (χ0) is 16.8. The minimum absolute atomic E-state index is 0.00464. The lowest BCUT2D eigenvalue weighted by atomic mass is 10.1. The largest absolute Gasteiger partial charge is 0.493 e. The van der Waals surface area contributed by atoms with Crippen LogP contribution >= 0.6 is 0 Å². The lowest BCUT2D eigenvalue weighted by molar-refractivity contribution is -0.384. The van der Waals surface area contributed by atoms with Crippen molar-refractivity contribution in [2.24, 2.45) is 0 Å². The Bertz CT molecular complexity index is 711. The van der Waals surface area contributed by atoms with Gasteiger partial charge in [0.25, 0.3) is 5.69 Å². The average Bonchev–Trinajstić information content (AvgIpc) is 2.52. The number of nitrogens with one attached hydrogen (secondary N) is 1. The Morgan fingerprint density at radius 2 is 1.87 bits per heavy atom.